The second kappa shape index (κ2) is 9.49. The lowest BCUT2D eigenvalue weighted by molar-refractivity contribution is 0.104. The molecule has 0 aliphatic heterocycles. The molecule has 0 atom stereocenters. The van der Waals surface area contributed by atoms with E-state index in [-0.39, 0.29) is 16.4 Å². The number of allylic oxidation sites excluding steroid dienone is 1. The van der Waals surface area contributed by atoms with Crippen LogP contribution in [0, 0.1) is 6.92 Å². The number of carbonyl (C=O) groups excluding carboxylic acids is 1. The summed E-state index contributed by atoms with van der Waals surface area (Å²) in [4.78, 5) is 12.5. The van der Waals surface area contributed by atoms with E-state index in [4.69, 9.17) is 13.7 Å². The van der Waals surface area contributed by atoms with Crippen molar-refractivity contribution in [2.75, 3.05) is 14.2 Å². The number of rotatable bonds is 8. The molecule has 3 rings (SSSR count). The molecule has 160 valence electrons. The van der Waals surface area contributed by atoms with Gasteiger partial charge < -0.3 is 13.7 Å². The van der Waals surface area contributed by atoms with E-state index in [1.54, 1.807) is 48.5 Å². The summed E-state index contributed by atoms with van der Waals surface area (Å²) in [6.07, 6.45) is 3.07. The van der Waals surface area contributed by atoms with E-state index < -0.39 is 10.1 Å². The third-order valence-electron chi connectivity index (χ3n) is 4.49. The SMILES string of the molecule is COc1ccc(C(=O)/C=C/c2ccc(OS(=O)(=O)c3ccc(C)cc3)cc2)cc1OC. The average Bonchev–Trinajstić information content (AvgIpc) is 2.78. The Balaban J connectivity index is 1.69. The van der Waals surface area contributed by atoms with Gasteiger partial charge in [0.05, 0.1) is 14.2 Å². The quantitative estimate of drug-likeness (QED) is 0.289. The molecule has 0 N–H and O–H groups in total. The lowest BCUT2D eigenvalue weighted by Gasteiger charge is -2.08. The van der Waals surface area contributed by atoms with E-state index in [1.165, 1.54) is 44.6 Å². The predicted octanol–water partition coefficient (Wildman–Crippen LogP) is 4.68. The first-order chi connectivity index (χ1) is 14.8. The molecule has 6 nitrogen and oxygen atoms in total. The summed E-state index contributed by atoms with van der Waals surface area (Å²) in [5.74, 6) is 0.990. The van der Waals surface area contributed by atoms with Gasteiger partial charge in [0, 0.05) is 5.56 Å². The van der Waals surface area contributed by atoms with Crippen molar-refractivity contribution in [3.63, 3.8) is 0 Å². The lowest BCUT2D eigenvalue weighted by atomic mass is 10.1. The van der Waals surface area contributed by atoms with E-state index in [9.17, 15) is 13.2 Å². The summed E-state index contributed by atoms with van der Waals surface area (Å²) in [6.45, 7) is 1.87. The Morgan fingerprint density at radius 2 is 1.48 bits per heavy atom. The second-order valence-corrected chi connectivity index (χ2v) is 8.23. The van der Waals surface area contributed by atoms with Gasteiger partial charge in [-0.15, -0.1) is 0 Å². The van der Waals surface area contributed by atoms with Crippen LogP contribution in [0.15, 0.2) is 77.7 Å². The Labute approximate surface area is 181 Å². The van der Waals surface area contributed by atoms with Gasteiger partial charge in [-0.3, -0.25) is 4.79 Å². The van der Waals surface area contributed by atoms with Crippen molar-refractivity contribution < 1.29 is 26.9 Å². The second-order valence-electron chi connectivity index (χ2n) is 6.69. The molecule has 31 heavy (non-hydrogen) atoms. The number of hydrogen-bond donors (Lipinski definition) is 0. The van der Waals surface area contributed by atoms with E-state index in [0.29, 0.717) is 22.6 Å². The number of methoxy groups -OCH3 is 2. The zero-order chi connectivity index (χ0) is 22.4. The van der Waals surface area contributed by atoms with Gasteiger partial charge >= 0.3 is 10.1 Å². The topological polar surface area (TPSA) is 78.9 Å². The molecule has 0 aliphatic rings. The summed E-state index contributed by atoms with van der Waals surface area (Å²) >= 11 is 0. The van der Waals surface area contributed by atoms with Crippen LogP contribution in [0.1, 0.15) is 21.5 Å². The summed E-state index contributed by atoms with van der Waals surface area (Å²) in [7, 11) is -0.880. The molecule has 0 radical (unpaired) electrons. The molecule has 3 aromatic carbocycles. The predicted molar refractivity (Wildman–Crippen MR) is 118 cm³/mol. The zero-order valence-corrected chi connectivity index (χ0v) is 18.2. The number of benzene rings is 3. The summed E-state index contributed by atoms with van der Waals surface area (Å²) < 4.78 is 40.3. The van der Waals surface area contributed by atoms with Crippen LogP contribution in [-0.2, 0) is 10.1 Å². The molecule has 0 heterocycles. The van der Waals surface area contributed by atoms with E-state index in [0.717, 1.165) is 5.56 Å². The zero-order valence-electron chi connectivity index (χ0n) is 17.4. The maximum absolute atomic E-state index is 12.4. The van der Waals surface area contributed by atoms with Crippen molar-refractivity contribution in [1.29, 1.82) is 0 Å². The van der Waals surface area contributed by atoms with Crippen LogP contribution in [0.25, 0.3) is 6.08 Å². The molecular weight excluding hydrogens is 416 g/mol. The number of aryl methyl sites for hydroxylation is 1. The molecular formula is C24H22O6S. The maximum Gasteiger partial charge on any atom is 0.339 e. The van der Waals surface area contributed by atoms with Crippen molar-refractivity contribution in [1.82, 2.24) is 0 Å². The van der Waals surface area contributed by atoms with Gasteiger partial charge in [0.15, 0.2) is 17.3 Å². The minimum absolute atomic E-state index is 0.0857. The van der Waals surface area contributed by atoms with Crippen molar-refractivity contribution in [3.8, 4) is 17.2 Å². The summed E-state index contributed by atoms with van der Waals surface area (Å²) in [6, 6.07) is 17.7. The molecule has 0 aliphatic carbocycles. The number of ether oxygens (including phenoxy) is 2. The summed E-state index contributed by atoms with van der Waals surface area (Å²) in [5, 5.41) is 0. The van der Waals surface area contributed by atoms with Crippen molar-refractivity contribution in [3.05, 3.63) is 89.5 Å². The molecule has 3 aromatic rings. The Morgan fingerprint density at radius 3 is 2.10 bits per heavy atom. The van der Waals surface area contributed by atoms with Gasteiger partial charge in [0.2, 0.25) is 0 Å². The first-order valence-corrected chi connectivity index (χ1v) is 10.8. The van der Waals surface area contributed by atoms with Crippen LogP contribution in [0.5, 0.6) is 17.2 Å². The largest absolute Gasteiger partial charge is 0.493 e. The summed E-state index contributed by atoms with van der Waals surface area (Å²) in [5.41, 5.74) is 2.13. The van der Waals surface area contributed by atoms with E-state index in [2.05, 4.69) is 0 Å². The highest BCUT2D eigenvalue weighted by Gasteiger charge is 2.16. The third kappa shape index (κ3) is 5.52. The van der Waals surface area contributed by atoms with Gasteiger partial charge in [-0.2, -0.15) is 8.42 Å². The fourth-order valence-corrected chi connectivity index (χ4v) is 3.70. The number of ketones is 1. The van der Waals surface area contributed by atoms with Gasteiger partial charge in [0.1, 0.15) is 10.6 Å². The minimum atomic E-state index is -3.91. The number of carbonyl (C=O) groups is 1. The van der Waals surface area contributed by atoms with Gasteiger partial charge in [-0.05, 0) is 61.0 Å². The lowest BCUT2D eigenvalue weighted by Crippen LogP contribution is -2.09. The Morgan fingerprint density at radius 1 is 0.839 bits per heavy atom. The van der Waals surface area contributed by atoms with Crippen LogP contribution >= 0.6 is 0 Å². The molecule has 0 unspecified atom stereocenters. The average molecular weight is 439 g/mol. The van der Waals surface area contributed by atoms with Crippen molar-refractivity contribution in [2.24, 2.45) is 0 Å². The number of hydrogen-bond acceptors (Lipinski definition) is 6. The molecule has 0 saturated carbocycles. The standard InChI is InChI=1S/C24H22O6S/c1-17-4-12-21(13-5-17)31(26,27)30-20-10-6-18(7-11-20)8-14-22(25)19-9-15-23(28-2)24(16-19)29-3/h4-16H,1-3H3/b14-8+. The van der Waals surface area contributed by atoms with Crippen LogP contribution in [-0.4, -0.2) is 28.4 Å². The van der Waals surface area contributed by atoms with Crippen molar-refractivity contribution in [2.45, 2.75) is 11.8 Å². The smallest absolute Gasteiger partial charge is 0.339 e. The maximum atomic E-state index is 12.4. The minimum Gasteiger partial charge on any atom is -0.493 e. The molecule has 0 bridgehead atoms. The van der Waals surface area contributed by atoms with E-state index in [1.807, 2.05) is 6.92 Å². The van der Waals surface area contributed by atoms with Crippen LogP contribution in [0.3, 0.4) is 0 Å². The molecule has 0 spiro atoms. The highest BCUT2D eigenvalue weighted by molar-refractivity contribution is 7.87. The highest BCUT2D eigenvalue weighted by atomic mass is 32.2. The van der Waals surface area contributed by atoms with Crippen LogP contribution in [0.4, 0.5) is 0 Å². The normalized spacial score (nSPS) is 11.3. The fraction of sp³-hybridized carbons (Fsp3) is 0.125. The van der Waals surface area contributed by atoms with Crippen LogP contribution < -0.4 is 13.7 Å². The van der Waals surface area contributed by atoms with Crippen molar-refractivity contribution >= 4 is 22.0 Å². The molecule has 0 saturated heterocycles. The van der Waals surface area contributed by atoms with E-state index >= 15 is 0 Å². The fourth-order valence-electron chi connectivity index (χ4n) is 2.77. The van der Waals surface area contributed by atoms with Gasteiger partial charge in [-0.1, -0.05) is 35.9 Å². The van der Waals surface area contributed by atoms with Gasteiger partial charge in [-0.25, -0.2) is 0 Å². The molecule has 0 fully saturated rings. The van der Waals surface area contributed by atoms with Gasteiger partial charge in [0.25, 0.3) is 0 Å². The van der Waals surface area contributed by atoms with Crippen LogP contribution in [0.2, 0.25) is 0 Å². The first kappa shape index (κ1) is 22.1. The Bertz CT molecular complexity index is 1190. The molecule has 0 amide bonds. The third-order valence-corrected chi connectivity index (χ3v) is 5.75. The Kier molecular flexibility index (Phi) is 6.77. The first-order valence-electron chi connectivity index (χ1n) is 9.38. The molecule has 7 heteroatoms. The Hall–Kier alpha value is -3.58. The monoisotopic (exact) mass is 438 g/mol. The molecule has 0 aromatic heterocycles. The highest BCUT2D eigenvalue weighted by Crippen LogP contribution is 2.28.